The molecule has 1 unspecified atom stereocenters. The van der Waals surface area contributed by atoms with Crippen LogP contribution < -0.4 is 10.6 Å². The average Bonchev–Trinajstić information content (AvgIpc) is 2.31. The molecule has 1 aromatic carbocycles. The average molecular weight is 293 g/mol. The lowest BCUT2D eigenvalue weighted by atomic mass is 10.2. The molecule has 2 N–H and O–H groups in total. The number of carbonyl (C=O) groups excluding carboxylic acids is 1. The van der Waals surface area contributed by atoms with Crippen molar-refractivity contribution in [3.8, 4) is 0 Å². The number of nitrogens with zero attached hydrogens (tertiary/aromatic N) is 1. The summed E-state index contributed by atoms with van der Waals surface area (Å²) in [5, 5.41) is 0.627. The van der Waals surface area contributed by atoms with Crippen molar-refractivity contribution in [2.45, 2.75) is 13.0 Å². The number of halogens is 2. The molecule has 18 heavy (non-hydrogen) atoms. The van der Waals surface area contributed by atoms with Crippen LogP contribution in [-0.2, 0) is 9.53 Å². The minimum absolute atomic E-state index is 0. The number of methoxy groups -OCH3 is 1. The van der Waals surface area contributed by atoms with Crippen LogP contribution in [0.5, 0.6) is 0 Å². The number of hydrogen-bond donors (Lipinski definition) is 1. The summed E-state index contributed by atoms with van der Waals surface area (Å²) in [6, 6.07) is 4.78. The van der Waals surface area contributed by atoms with E-state index >= 15 is 0 Å². The van der Waals surface area contributed by atoms with Crippen molar-refractivity contribution in [1.29, 1.82) is 0 Å². The smallest absolute Gasteiger partial charge is 0.246 e. The Balaban J connectivity index is 0.00000289. The SMILES string of the molecule is COCC(N)C(=O)N(C)c1ccc(C)c(Cl)c1.Cl. The van der Waals surface area contributed by atoms with E-state index in [0.717, 1.165) is 11.3 Å². The van der Waals surface area contributed by atoms with Gasteiger partial charge in [0.25, 0.3) is 0 Å². The maximum atomic E-state index is 11.9. The zero-order chi connectivity index (χ0) is 13.0. The highest BCUT2D eigenvalue weighted by Gasteiger charge is 2.19. The van der Waals surface area contributed by atoms with Crippen LogP contribution >= 0.6 is 24.0 Å². The van der Waals surface area contributed by atoms with Gasteiger partial charge in [-0.3, -0.25) is 4.79 Å². The van der Waals surface area contributed by atoms with Gasteiger partial charge in [-0.1, -0.05) is 17.7 Å². The molecular formula is C12H18Cl2N2O2. The van der Waals surface area contributed by atoms with Crippen LogP contribution in [0.15, 0.2) is 18.2 Å². The Morgan fingerprint density at radius 1 is 1.56 bits per heavy atom. The maximum absolute atomic E-state index is 11.9. The van der Waals surface area contributed by atoms with Crippen LogP contribution in [0.25, 0.3) is 0 Å². The Hall–Kier alpha value is -0.810. The van der Waals surface area contributed by atoms with E-state index < -0.39 is 6.04 Å². The number of aryl methyl sites for hydroxylation is 1. The summed E-state index contributed by atoms with van der Waals surface area (Å²) in [5.74, 6) is -0.202. The van der Waals surface area contributed by atoms with Gasteiger partial charge < -0.3 is 15.4 Å². The molecule has 102 valence electrons. The Bertz CT molecular complexity index is 413. The Morgan fingerprint density at radius 2 is 2.17 bits per heavy atom. The van der Waals surface area contributed by atoms with Gasteiger partial charge in [0.2, 0.25) is 5.91 Å². The van der Waals surface area contributed by atoms with E-state index in [1.165, 1.54) is 12.0 Å². The molecule has 1 aromatic rings. The number of anilines is 1. The molecule has 0 spiro atoms. The first-order chi connectivity index (χ1) is 7.97. The Morgan fingerprint density at radius 3 is 2.67 bits per heavy atom. The minimum Gasteiger partial charge on any atom is -0.383 e. The highest BCUT2D eigenvalue weighted by atomic mass is 35.5. The largest absolute Gasteiger partial charge is 0.383 e. The lowest BCUT2D eigenvalue weighted by Gasteiger charge is -2.21. The van der Waals surface area contributed by atoms with Gasteiger partial charge in [0.15, 0.2) is 0 Å². The number of likely N-dealkylation sites (N-methyl/N-ethyl adjacent to an activating group) is 1. The summed E-state index contributed by atoms with van der Waals surface area (Å²) < 4.78 is 4.86. The van der Waals surface area contributed by atoms with Crippen LogP contribution in [0, 0.1) is 6.92 Å². The van der Waals surface area contributed by atoms with Gasteiger partial charge >= 0.3 is 0 Å². The summed E-state index contributed by atoms with van der Waals surface area (Å²) in [5.41, 5.74) is 7.37. The molecule has 0 saturated heterocycles. The predicted molar refractivity (Wildman–Crippen MR) is 76.7 cm³/mol. The first kappa shape index (κ1) is 17.2. The second-order valence-corrected chi connectivity index (χ2v) is 4.30. The molecule has 4 nitrogen and oxygen atoms in total. The normalized spacial score (nSPS) is 11.6. The number of nitrogens with two attached hydrogens (primary N) is 1. The summed E-state index contributed by atoms with van der Waals surface area (Å²) in [7, 11) is 3.18. The van der Waals surface area contributed by atoms with Crippen LogP contribution in [0.1, 0.15) is 5.56 Å². The lowest BCUT2D eigenvalue weighted by Crippen LogP contribution is -2.44. The van der Waals surface area contributed by atoms with Crippen molar-refractivity contribution in [3.63, 3.8) is 0 Å². The van der Waals surface area contributed by atoms with Crippen molar-refractivity contribution in [3.05, 3.63) is 28.8 Å². The number of hydrogen-bond acceptors (Lipinski definition) is 3. The molecule has 0 aliphatic carbocycles. The van der Waals surface area contributed by atoms with Crippen molar-refractivity contribution in [1.82, 2.24) is 0 Å². The molecule has 0 bridgehead atoms. The molecule has 0 radical (unpaired) electrons. The van der Waals surface area contributed by atoms with E-state index in [4.69, 9.17) is 22.1 Å². The molecule has 1 amide bonds. The lowest BCUT2D eigenvalue weighted by molar-refractivity contribution is -0.120. The molecule has 0 heterocycles. The van der Waals surface area contributed by atoms with E-state index in [9.17, 15) is 4.79 Å². The molecule has 0 fully saturated rings. The molecule has 0 aliphatic heterocycles. The van der Waals surface area contributed by atoms with Gasteiger partial charge in [0, 0.05) is 24.9 Å². The van der Waals surface area contributed by atoms with Gasteiger partial charge in [-0.15, -0.1) is 12.4 Å². The summed E-state index contributed by atoms with van der Waals surface area (Å²) in [6.07, 6.45) is 0. The van der Waals surface area contributed by atoms with E-state index in [-0.39, 0.29) is 24.9 Å². The van der Waals surface area contributed by atoms with Crippen molar-refractivity contribution >= 4 is 35.6 Å². The Kier molecular flexibility index (Phi) is 7.25. The van der Waals surface area contributed by atoms with Crippen LogP contribution in [0.2, 0.25) is 5.02 Å². The quantitative estimate of drug-likeness (QED) is 0.924. The van der Waals surface area contributed by atoms with E-state index in [1.807, 2.05) is 19.1 Å². The second kappa shape index (κ2) is 7.59. The van der Waals surface area contributed by atoms with Crippen LogP contribution in [-0.4, -0.2) is 32.7 Å². The minimum atomic E-state index is -0.662. The summed E-state index contributed by atoms with van der Waals surface area (Å²) in [6.45, 7) is 2.10. The van der Waals surface area contributed by atoms with E-state index in [0.29, 0.717) is 5.02 Å². The third kappa shape index (κ3) is 4.14. The van der Waals surface area contributed by atoms with Crippen LogP contribution in [0.3, 0.4) is 0 Å². The molecule has 0 aromatic heterocycles. The third-order valence-electron chi connectivity index (χ3n) is 2.54. The van der Waals surface area contributed by atoms with Crippen LogP contribution in [0.4, 0.5) is 5.69 Å². The van der Waals surface area contributed by atoms with Crippen molar-refractivity contribution < 1.29 is 9.53 Å². The van der Waals surface area contributed by atoms with Gasteiger partial charge in [-0.2, -0.15) is 0 Å². The monoisotopic (exact) mass is 292 g/mol. The first-order valence-corrected chi connectivity index (χ1v) is 5.63. The summed E-state index contributed by atoms with van der Waals surface area (Å²) in [4.78, 5) is 13.4. The topological polar surface area (TPSA) is 55.6 Å². The van der Waals surface area contributed by atoms with Gasteiger partial charge in [-0.25, -0.2) is 0 Å². The van der Waals surface area contributed by atoms with Gasteiger partial charge in [0.05, 0.1) is 6.61 Å². The fourth-order valence-electron chi connectivity index (χ4n) is 1.42. The standard InChI is InChI=1S/C12H17ClN2O2.ClH/c1-8-4-5-9(6-10(8)13)15(2)12(16)11(14)7-17-3;/h4-6,11H,7,14H2,1-3H3;1H. The van der Waals surface area contributed by atoms with E-state index in [1.54, 1.807) is 13.1 Å². The third-order valence-corrected chi connectivity index (χ3v) is 2.94. The molecule has 0 saturated carbocycles. The second-order valence-electron chi connectivity index (χ2n) is 3.89. The Labute approximate surface area is 118 Å². The zero-order valence-corrected chi connectivity index (χ0v) is 12.2. The highest BCUT2D eigenvalue weighted by molar-refractivity contribution is 6.31. The highest BCUT2D eigenvalue weighted by Crippen LogP contribution is 2.22. The molecule has 1 rings (SSSR count). The van der Waals surface area contributed by atoms with Crippen molar-refractivity contribution in [2.24, 2.45) is 5.73 Å². The predicted octanol–water partition coefficient (Wildman–Crippen LogP) is 2.01. The van der Waals surface area contributed by atoms with Crippen molar-refractivity contribution in [2.75, 3.05) is 25.7 Å². The summed E-state index contributed by atoms with van der Waals surface area (Å²) >= 11 is 6.01. The zero-order valence-electron chi connectivity index (χ0n) is 10.6. The number of ether oxygens (including phenoxy) is 1. The number of amides is 1. The molecular weight excluding hydrogens is 275 g/mol. The fourth-order valence-corrected chi connectivity index (χ4v) is 1.59. The molecule has 0 aliphatic rings. The molecule has 6 heteroatoms. The van der Waals surface area contributed by atoms with E-state index in [2.05, 4.69) is 0 Å². The van der Waals surface area contributed by atoms with Gasteiger partial charge in [-0.05, 0) is 24.6 Å². The number of benzene rings is 1. The maximum Gasteiger partial charge on any atom is 0.246 e. The molecule has 1 atom stereocenters. The first-order valence-electron chi connectivity index (χ1n) is 5.25. The number of carbonyl (C=O) groups is 1. The number of rotatable bonds is 4. The fraction of sp³-hybridized carbons (Fsp3) is 0.417. The van der Waals surface area contributed by atoms with Gasteiger partial charge in [0.1, 0.15) is 6.04 Å².